The number of esters is 1. The second-order valence-electron chi connectivity index (χ2n) is 5.47. The minimum absolute atomic E-state index is 0.132. The van der Waals surface area contributed by atoms with Gasteiger partial charge in [-0.3, -0.25) is 4.79 Å². The third kappa shape index (κ3) is 3.85. The van der Waals surface area contributed by atoms with Crippen molar-refractivity contribution in [3.63, 3.8) is 0 Å². The van der Waals surface area contributed by atoms with E-state index in [0.717, 1.165) is 0 Å². The van der Waals surface area contributed by atoms with E-state index in [1.54, 1.807) is 45.1 Å². The molecule has 0 atom stereocenters. The fourth-order valence-corrected chi connectivity index (χ4v) is 3.42. The predicted molar refractivity (Wildman–Crippen MR) is 99.9 cm³/mol. The number of ether oxygens (including phenoxy) is 4. The Morgan fingerprint density at radius 1 is 1.15 bits per heavy atom. The Morgan fingerprint density at radius 2 is 1.85 bits per heavy atom. The highest BCUT2D eigenvalue weighted by Crippen LogP contribution is 2.41. The minimum Gasteiger partial charge on any atom is -0.493 e. The Labute approximate surface area is 160 Å². The van der Waals surface area contributed by atoms with Crippen LogP contribution in [0.2, 0.25) is 0 Å². The van der Waals surface area contributed by atoms with Gasteiger partial charge in [0.15, 0.2) is 17.3 Å². The van der Waals surface area contributed by atoms with Gasteiger partial charge in [0.2, 0.25) is 10.9 Å². The van der Waals surface area contributed by atoms with Gasteiger partial charge in [-0.1, -0.05) is 11.8 Å². The highest BCUT2D eigenvalue weighted by atomic mass is 32.2. The van der Waals surface area contributed by atoms with E-state index in [1.165, 1.54) is 11.8 Å². The van der Waals surface area contributed by atoms with Gasteiger partial charge in [0.25, 0.3) is 0 Å². The lowest BCUT2D eigenvalue weighted by atomic mass is 10.1. The van der Waals surface area contributed by atoms with Crippen LogP contribution in [0.1, 0.15) is 13.3 Å². The third-order valence-electron chi connectivity index (χ3n) is 3.80. The molecule has 0 saturated heterocycles. The standard InChI is InChI=1S/C17H20N4O5S/c1-5-26-14(22)8-11-9-27-17-19-18-16(21(17)20-11)10-6-12(23-2)15(25-4)13(7-10)24-3/h6-7H,5,8-9H2,1-4H3. The minimum atomic E-state index is -0.303. The number of carbonyl (C=O) groups excluding carboxylic acids is 1. The van der Waals surface area contributed by atoms with Crippen LogP contribution >= 0.6 is 11.8 Å². The number of hydrogen-bond donors (Lipinski definition) is 0. The van der Waals surface area contributed by atoms with Crippen molar-refractivity contribution in [1.29, 1.82) is 0 Å². The fourth-order valence-electron chi connectivity index (χ4n) is 2.62. The van der Waals surface area contributed by atoms with Gasteiger partial charge in [-0.15, -0.1) is 10.2 Å². The Morgan fingerprint density at radius 3 is 2.44 bits per heavy atom. The smallest absolute Gasteiger partial charge is 0.311 e. The largest absolute Gasteiger partial charge is 0.493 e. The van der Waals surface area contributed by atoms with E-state index in [9.17, 15) is 4.79 Å². The van der Waals surface area contributed by atoms with Crippen LogP contribution in [0, 0.1) is 0 Å². The first-order valence-corrected chi connectivity index (χ1v) is 9.20. The molecule has 0 saturated carbocycles. The molecule has 0 amide bonds. The van der Waals surface area contributed by atoms with Gasteiger partial charge in [0.05, 0.1) is 40.1 Å². The number of carbonyl (C=O) groups is 1. The lowest BCUT2D eigenvalue weighted by Crippen LogP contribution is -2.18. The van der Waals surface area contributed by atoms with Crippen LogP contribution in [-0.4, -0.2) is 60.2 Å². The number of fused-ring (bicyclic) bond motifs is 1. The van der Waals surface area contributed by atoms with Gasteiger partial charge in [-0.05, 0) is 19.1 Å². The van der Waals surface area contributed by atoms with Crippen molar-refractivity contribution in [1.82, 2.24) is 14.9 Å². The molecule has 1 aliphatic rings. The van der Waals surface area contributed by atoms with Crippen molar-refractivity contribution >= 4 is 23.4 Å². The van der Waals surface area contributed by atoms with E-state index in [4.69, 9.17) is 18.9 Å². The SMILES string of the molecule is CCOC(=O)CC1=Nn2c(nnc2-c2cc(OC)c(OC)c(OC)c2)SC1. The first-order chi connectivity index (χ1) is 13.1. The van der Waals surface area contributed by atoms with E-state index in [-0.39, 0.29) is 12.4 Å². The molecule has 2 heterocycles. The predicted octanol–water partition coefficient (Wildman–Crippen LogP) is 2.23. The molecule has 1 aromatic carbocycles. The van der Waals surface area contributed by atoms with E-state index in [2.05, 4.69) is 15.3 Å². The van der Waals surface area contributed by atoms with Crippen LogP contribution in [0.4, 0.5) is 0 Å². The Hall–Kier alpha value is -2.75. The zero-order valence-electron chi connectivity index (χ0n) is 15.5. The van der Waals surface area contributed by atoms with Gasteiger partial charge < -0.3 is 18.9 Å². The molecule has 0 bridgehead atoms. The van der Waals surface area contributed by atoms with Crippen molar-refractivity contribution in [2.24, 2.45) is 5.10 Å². The first-order valence-electron chi connectivity index (χ1n) is 8.22. The molecule has 0 fully saturated rings. The van der Waals surface area contributed by atoms with Crippen molar-refractivity contribution in [2.75, 3.05) is 33.7 Å². The summed E-state index contributed by atoms with van der Waals surface area (Å²) in [5.41, 5.74) is 1.39. The van der Waals surface area contributed by atoms with Gasteiger partial charge in [0, 0.05) is 11.3 Å². The van der Waals surface area contributed by atoms with Gasteiger partial charge in [-0.2, -0.15) is 9.78 Å². The van der Waals surface area contributed by atoms with E-state index in [0.29, 0.717) is 51.9 Å². The summed E-state index contributed by atoms with van der Waals surface area (Å²) >= 11 is 1.46. The Kier molecular flexibility index (Phi) is 5.84. The molecule has 144 valence electrons. The van der Waals surface area contributed by atoms with Crippen molar-refractivity contribution in [2.45, 2.75) is 18.5 Å². The lowest BCUT2D eigenvalue weighted by Gasteiger charge is -2.15. The summed E-state index contributed by atoms with van der Waals surface area (Å²) in [6, 6.07) is 3.55. The molecular formula is C17H20N4O5S. The first kappa shape index (κ1) is 19.0. The van der Waals surface area contributed by atoms with Crippen LogP contribution in [0.15, 0.2) is 22.4 Å². The third-order valence-corrected chi connectivity index (χ3v) is 4.79. The molecule has 2 aromatic rings. The van der Waals surface area contributed by atoms with Crippen LogP contribution in [-0.2, 0) is 9.53 Å². The fraction of sp³-hybridized carbons (Fsp3) is 0.412. The van der Waals surface area contributed by atoms with Crippen LogP contribution in [0.25, 0.3) is 11.4 Å². The molecule has 0 N–H and O–H groups in total. The second-order valence-corrected chi connectivity index (χ2v) is 6.41. The average molecular weight is 392 g/mol. The molecule has 1 aromatic heterocycles. The molecule has 27 heavy (non-hydrogen) atoms. The normalized spacial score (nSPS) is 12.8. The second kappa shape index (κ2) is 8.30. The molecular weight excluding hydrogens is 372 g/mol. The van der Waals surface area contributed by atoms with E-state index in [1.807, 2.05) is 0 Å². The van der Waals surface area contributed by atoms with Crippen LogP contribution in [0.3, 0.4) is 0 Å². The highest BCUT2D eigenvalue weighted by molar-refractivity contribution is 7.99. The summed E-state index contributed by atoms with van der Waals surface area (Å²) in [5, 5.41) is 13.6. The van der Waals surface area contributed by atoms with Crippen LogP contribution < -0.4 is 14.2 Å². The number of benzene rings is 1. The molecule has 0 unspecified atom stereocenters. The summed E-state index contributed by atoms with van der Waals surface area (Å²) in [7, 11) is 4.64. The molecule has 0 radical (unpaired) electrons. The zero-order chi connectivity index (χ0) is 19.4. The van der Waals surface area contributed by atoms with Gasteiger partial charge >= 0.3 is 5.97 Å². The van der Waals surface area contributed by atoms with Crippen LogP contribution in [0.5, 0.6) is 17.2 Å². The monoisotopic (exact) mass is 392 g/mol. The molecule has 9 nitrogen and oxygen atoms in total. The Bertz CT molecular complexity index is 855. The van der Waals surface area contributed by atoms with Crippen molar-refractivity contribution in [3.8, 4) is 28.6 Å². The summed E-state index contributed by atoms with van der Waals surface area (Å²) in [6.45, 7) is 2.11. The number of rotatable bonds is 7. The topological polar surface area (TPSA) is 97.1 Å². The molecule has 1 aliphatic heterocycles. The number of nitrogens with zero attached hydrogens (tertiary/aromatic N) is 4. The highest BCUT2D eigenvalue weighted by Gasteiger charge is 2.23. The lowest BCUT2D eigenvalue weighted by molar-refractivity contribution is -0.141. The Balaban J connectivity index is 2.01. The van der Waals surface area contributed by atoms with Gasteiger partial charge in [0.1, 0.15) is 0 Å². The zero-order valence-corrected chi connectivity index (χ0v) is 16.3. The molecule has 3 rings (SSSR count). The van der Waals surface area contributed by atoms with Gasteiger partial charge in [-0.25, -0.2) is 0 Å². The maximum absolute atomic E-state index is 11.8. The molecule has 0 aliphatic carbocycles. The summed E-state index contributed by atoms with van der Waals surface area (Å²) < 4.78 is 22.8. The van der Waals surface area contributed by atoms with Crippen molar-refractivity contribution < 1.29 is 23.7 Å². The summed E-state index contributed by atoms with van der Waals surface area (Å²) in [6.07, 6.45) is 0.132. The van der Waals surface area contributed by atoms with E-state index < -0.39 is 0 Å². The maximum atomic E-state index is 11.8. The number of methoxy groups -OCH3 is 3. The molecule has 0 spiro atoms. The average Bonchev–Trinajstić information content (AvgIpc) is 3.10. The molecule has 10 heteroatoms. The van der Waals surface area contributed by atoms with E-state index >= 15 is 0 Å². The number of hydrogen-bond acceptors (Lipinski definition) is 9. The number of thioether (sulfide) groups is 1. The van der Waals surface area contributed by atoms with Crippen molar-refractivity contribution in [3.05, 3.63) is 12.1 Å². The summed E-state index contributed by atoms with van der Waals surface area (Å²) in [5.74, 6) is 2.27. The maximum Gasteiger partial charge on any atom is 0.311 e. The number of aromatic nitrogens is 3. The summed E-state index contributed by atoms with van der Waals surface area (Å²) in [4.78, 5) is 11.8. The quantitative estimate of drug-likeness (QED) is 0.662.